The lowest BCUT2D eigenvalue weighted by Crippen LogP contribution is -2.33. The van der Waals surface area contributed by atoms with E-state index in [1.165, 1.54) is 18.2 Å². The van der Waals surface area contributed by atoms with Gasteiger partial charge in [-0.1, -0.05) is 40.2 Å². The van der Waals surface area contributed by atoms with E-state index in [1.54, 1.807) is 12.1 Å². The molecule has 0 amide bonds. The summed E-state index contributed by atoms with van der Waals surface area (Å²) >= 11 is 3.05. The zero-order valence-electron chi connectivity index (χ0n) is 24.1. The summed E-state index contributed by atoms with van der Waals surface area (Å²) in [6, 6.07) is 17.5. The summed E-state index contributed by atoms with van der Waals surface area (Å²) in [4.78, 5) is 8.81. The highest BCUT2D eigenvalue weighted by atomic mass is 79.9. The fraction of sp³-hybridized carbons (Fsp3) is 0.355. The van der Waals surface area contributed by atoms with Gasteiger partial charge in [-0.15, -0.1) is 13.2 Å². The molecule has 5 rings (SSSR count). The van der Waals surface area contributed by atoms with E-state index in [1.807, 2.05) is 24.3 Å². The summed E-state index contributed by atoms with van der Waals surface area (Å²) in [5.74, 6) is 0.514. The van der Waals surface area contributed by atoms with Gasteiger partial charge in [-0.2, -0.15) is 4.98 Å². The van der Waals surface area contributed by atoms with Crippen LogP contribution in [0, 0.1) is 17.7 Å². The Morgan fingerprint density at radius 1 is 0.889 bits per heavy atom. The van der Waals surface area contributed by atoms with Crippen molar-refractivity contribution in [2.45, 2.75) is 43.4 Å². The van der Waals surface area contributed by atoms with Crippen LogP contribution in [0.1, 0.15) is 31.2 Å². The molecule has 1 aliphatic carbocycles. The first kappa shape index (κ1) is 32.9. The van der Waals surface area contributed by atoms with Crippen molar-refractivity contribution < 1.29 is 30.7 Å². The lowest BCUT2D eigenvalue weighted by atomic mass is 9.82. The molecule has 0 atom stereocenters. The number of fused-ring (bicyclic) bond motifs is 1. The first-order chi connectivity index (χ1) is 21.4. The van der Waals surface area contributed by atoms with E-state index >= 15 is 0 Å². The smallest absolute Gasteiger partial charge is 0.404 e. The predicted molar refractivity (Wildman–Crippen MR) is 168 cm³/mol. The van der Waals surface area contributed by atoms with Crippen LogP contribution in [0.25, 0.3) is 10.9 Å². The number of para-hydroxylation sites is 1. The number of sulfonamides is 1. The number of hydrogen-bond acceptors (Lipinski definition) is 7. The largest absolute Gasteiger partial charge is 0.573 e. The highest BCUT2D eigenvalue weighted by molar-refractivity contribution is 9.10. The van der Waals surface area contributed by atoms with Crippen LogP contribution >= 0.6 is 15.9 Å². The van der Waals surface area contributed by atoms with Crippen molar-refractivity contribution in [3.05, 3.63) is 82.6 Å². The highest BCUT2D eigenvalue weighted by Gasteiger charge is 2.34. The number of nitrogens with one attached hydrogen (secondary N) is 3. The number of ether oxygens (including phenoxy) is 1. The van der Waals surface area contributed by atoms with Gasteiger partial charge in [0.1, 0.15) is 16.5 Å². The molecule has 1 aromatic heterocycles. The average molecular weight is 711 g/mol. The molecule has 0 saturated heterocycles. The number of benzene rings is 3. The molecule has 1 heterocycles. The van der Waals surface area contributed by atoms with Gasteiger partial charge in [0.05, 0.1) is 5.52 Å². The van der Waals surface area contributed by atoms with Crippen molar-refractivity contribution in [3.8, 4) is 5.75 Å². The lowest BCUT2D eigenvalue weighted by molar-refractivity contribution is -0.275. The summed E-state index contributed by atoms with van der Waals surface area (Å²) in [6.07, 6.45) is -1.12. The second-order valence-electron chi connectivity index (χ2n) is 11.0. The van der Waals surface area contributed by atoms with Gasteiger partial charge in [0, 0.05) is 29.5 Å². The Kier molecular flexibility index (Phi) is 10.4. The lowest BCUT2D eigenvalue weighted by Gasteiger charge is -2.29. The second-order valence-corrected chi connectivity index (χ2v) is 13.6. The third-order valence-electron chi connectivity index (χ3n) is 7.72. The van der Waals surface area contributed by atoms with E-state index in [2.05, 4.69) is 41.0 Å². The number of rotatable bonds is 12. The second kappa shape index (κ2) is 14.3. The Morgan fingerprint density at radius 2 is 1.58 bits per heavy atom. The molecule has 45 heavy (non-hydrogen) atoms. The SMILES string of the molecule is O=S(=O)(NCC1CCC(CNc2nc(NCCc3ccc(F)cc3)c3ccccc3n2)CC1)c1ccc(Br)cc1OC(F)(F)F. The maximum absolute atomic E-state index is 13.2. The standard InChI is InChI=1S/C31H32BrF4N5O3S/c32-23-11-14-28(27(17-23)44-31(34,35)36)45(42,43)39-19-22-7-5-21(6-8-22)18-38-30-40-26-4-2-1-3-25(26)29(41-30)37-16-15-20-9-12-24(33)13-10-20/h1-4,9-14,17,21-22,39H,5-8,15-16,18-19H2,(H2,37,38,40,41). The van der Waals surface area contributed by atoms with E-state index in [0.29, 0.717) is 37.2 Å². The minimum Gasteiger partial charge on any atom is -0.404 e. The van der Waals surface area contributed by atoms with Crippen LogP contribution < -0.4 is 20.1 Å². The molecule has 4 aromatic rings. The first-order valence-electron chi connectivity index (χ1n) is 14.5. The number of aromatic nitrogens is 2. The minimum atomic E-state index is -5.03. The van der Waals surface area contributed by atoms with E-state index in [-0.39, 0.29) is 22.8 Å². The molecule has 0 unspecified atom stereocenters. The van der Waals surface area contributed by atoms with Crippen LogP contribution in [0.2, 0.25) is 0 Å². The van der Waals surface area contributed by atoms with Crippen molar-refractivity contribution in [2.75, 3.05) is 30.3 Å². The third kappa shape index (κ3) is 9.27. The van der Waals surface area contributed by atoms with Crippen molar-refractivity contribution >= 4 is 48.6 Å². The summed E-state index contributed by atoms with van der Waals surface area (Å²) in [7, 11) is -4.23. The normalized spacial score (nSPS) is 17.3. The molecule has 3 N–H and O–H groups in total. The van der Waals surface area contributed by atoms with E-state index in [9.17, 15) is 26.0 Å². The number of nitrogens with zero attached hydrogens (tertiary/aromatic N) is 2. The van der Waals surface area contributed by atoms with Crippen LogP contribution in [-0.2, 0) is 16.4 Å². The Morgan fingerprint density at radius 3 is 2.29 bits per heavy atom. The van der Waals surface area contributed by atoms with E-state index in [4.69, 9.17) is 4.98 Å². The number of anilines is 2. The van der Waals surface area contributed by atoms with Crippen LogP contribution in [-0.4, -0.2) is 44.4 Å². The fourth-order valence-corrected chi connectivity index (χ4v) is 6.92. The van der Waals surface area contributed by atoms with Gasteiger partial charge in [0.15, 0.2) is 5.75 Å². The Labute approximate surface area is 267 Å². The van der Waals surface area contributed by atoms with Crippen molar-refractivity contribution in [1.82, 2.24) is 14.7 Å². The van der Waals surface area contributed by atoms with Gasteiger partial charge in [0.2, 0.25) is 16.0 Å². The van der Waals surface area contributed by atoms with Gasteiger partial charge in [-0.3, -0.25) is 0 Å². The quantitative estimate of drug-likeness (QED) is 0.133. The van der Waals surface area contributed by atoms with E-state index in [0.717, 1.165) is 54.3 Å². The predicted octanol–water partition coefficient (Wildman–Crippen LogP) is 7.28. The average Bonchev–Trinajstić information content (AvgIpc) is 2.99. The molecular formula is C31H32BrF4N5O3S. The van der Waals surface area contributed by atoms with E-state index < -0.39 is 27.0 Å². The van der Waals surface area contributed by atoms with Gasteiger partial charge in [0.25, 0.3) is 0 Å². The third-order valence-corrected chi connectivity index (χ3v) is 9.68. The summed E-state index contributed by atoms with van der Waals surface area (Å²) in [5, 5.41) is 7.64. The minimum absolute atomic E-state index is 0.0484. The zero-order chi connectivity index (χ0) is 32.0. The highest BCUT2D eigenvalue weighted by Crippen LogP contribution is 2.33. The molecule has 14 heteroatoms. The molecule has 0 aliphatic heterocycles. The molecule has 240 valence electrons. The number of alkyl halides is 3. The maximum atomic E-state index is 13.2. The van der Waals surface area contributed by atoms with Crippen molar-refractivity contribution in [2.24, 2.45) is 11.8 Å². The molecule has 3 aromatic carbocycles. The van der Waals surface area contributed by atoms with Gasteiger partial charge < -0.3 is 15.4 Å². The van der Waals surface area contributed by atoms with Gasteiger partial charge in [-0.25, -0.2) is 22.5 Å². The van der Waals surface area contributed by atoms with Crippen LogP contribution in [0.3, 0.4) is 0 Å². The fourth-order valence-electron chi connectivity index (χ4n) is 5.36. The zero-order valence-corrected chi connectivity index (χ0v) is 26.5. The molecular weight excluding hydrogens is 678 g/mol. The van der Waals surface area contributed by atoms with Crippen LogP contribution in [0.5, 0.6) is 5.75 Å². The first-order valence-corrected chi connectivity index (χ1v) is 16.8. The molecule has 1 fully saturated rings. The molecule has 0 radical (unpaired) electrons. The molecule has 1 aliphatic rings. The Hall–Kier alpha value is -3.49. The molecule has 0 spiro atoms. The number of hydrogen-bond donors (Lipinski definition) is 3. The molecule has 0 bridgehead atoms. The van der Waals surface area contributed by atoms with Crippen molar-refractivity contribution in [3.63, 3.8) is 0 Å². The van der Waals surface area contributed by atoms with Crippen LogP contribution in [0.15, 0.2) is 76.1 Å². The molecule has 8 nitrogen and oxygen atoms in total. The van der Waals surface area contributed by atoms with Gasteiger partial charge >= 0.3 is 6.36 Å². The molecule has 1 saturated carbocycles. The number of halogens is 5. The maximum Gasteiger partial charge on any atom is 0.573 e. The Balaban J connectivity index is 1.13. The van der Waals surface area contributed by atoms with Crippen molar-refractivity contribution in [1.29, 1.82) is 0 Å². The topological polar surface area (TPSA) is 105 Å². The van der Waals surface area contributed by atoms with Crippen LogP contribution in [0.4, 0.5) is 29.3 Å². The summed E-state index contributed by atoms with van der Waals surface area (Å²) in [6.45, 7) is 1.37. The monoisotopic (exact) mass is 709 g/mol. The van der Waals surface area contributed by atoms with Gasteiger partial charge in [-0.05, 0) is 92.0 Å². The summed E-state index contributed by atoms with van der Waals surface area (Å²) < 4.78 is 84.2. The Bertz CT molecular complexity index is 1720. The summed E-state index contributed by atoms with van der Waals surface area (Å²) in [5.41, 5.74) is 1.81.